The summed E-state index contributed by atoms with van der Waals surface area (Å²) in [5.74, 6) is -0.948. The summed E-state index contributed by atoms with van der Waals surface area (Å²) < 4.78 is 16.2. The second-order valence-corrected chi connectivity index (χ2v) is 5.81. The van der Waals surface area contributed by atoms with Gasteiger partial charge in [0.05, 0.1) is 26.5 Å². The highest BCUT2D eigenvalue weighted by Crippen LogP contribution is 2.19. The lowest BCUT2D eigenvalue weighted by Gasteiger charge is -2.07. The first-order chi connectivity index (χ1) is 13.5. The van der Waals surface area contributed by atoms with Gasteiger partial charge in [0.15, 0.2) is 0 Å². The van der Waals surface area contributed by atoms with Crippen molar-refractivity contribution in [3.63, 3.8) is 0 Å². The van der Waals surface area contributed by atoms with Gasteiger partial charge in [-0.1, -0.05) is 18.9 Å². The summed E-state index contributed by atoms with van der Waals surface area (Å²) >= 11 is 0. The third-order valence-electron chi connectivity index (χ3n) is 3.62. The second kappa shape index (κ2) is 14.1. The van der Waals surface area contributed by atoms with Gasteiger partial charge in [0.1, 0.15) is 17.3 Å². The van der Waals surface area contributed by atoms with Crippen LogP contribution in [-0.4, -0.2) is 42.4 Å². The van der Waals surface area contributed by atoms with Crippen molar-refractivity contribution in [2.75, 3.05) is 20.3 Å². The molecule has 8 heteroatoms. The van der Waals surface area contributed by atoms with Crippen LogP contribution >= 0.6 is 0 Å². The number of unbranched alkanes of at least 4 members (excludes halogenated alkanes) is 3. The Morgan fingerprint density at radius 3 is 2.36 bits per heavy atom. The van der Waals surface area contributed by atoms with E-state index in [-0.39, 0.29) is 0 Å². The van der Waals surface area contributed by atoms with Crippen LogP contribution in [-0.2, 0) is 16.1 Å². The summed E-state index contributed by atoms with van der Waals surface area (Å²) in [4.78, 5) is 18.2. The Hall–Kier alpha value is -3.00. The summed E-state index contributed by atoms with van der Waals surface area (Å²) in [5, 5.41) is 18.2. The summed E-state index contributed by atoms with van der Waals surface area (Å²) in [6, 6.07) is 11.6. The van der Waals surface area contributed by atoms with Gasteiger partial charge in [0.2, 0.25) is 0 Å². The van der Waals surface area contributed by atoms with Crippen LogP contribution in [0.1, 0.15) is 31.4 Å². The maximum absolute atomic E-state index is 9.10. The zero-order valence-corrected chi connectivity index (χ0v) is 15.9. The molecular formula is C20H27NO7. The SMILES string of the molecule is COc1cccc(OCCCCCCNCc2ccco2)c1.O=C(O)C(=O)O. The molecule has 154 valence electrons. The maximum atomic E-state index is 9.10. The number of carbonyl (C=O) groups is 2. The molecule has 0 fully saturated rings. The van der Waals surface area contributed by atoms with Crippen LogP contribution in [0.5, 0.6) is 11.5 Å². The van der Waals surface area contributed by atoms with Crippen molar-refractivity contribution in [1.82, 2.24) is 5.32 Å². The zero-order chi connectivity index (χ0) is 20.6. The first-order valence-corrected chi connectivity index (χ1v) is 8.99. The van der Waals surface area contributed by atoms with E-state index in [9.17, 15) is 0 Å². The van der Waals surface area contributed by atoms with Gasteiger partial charge in [0, 0.05) is 6.07 Å². The number of carboxylic acids is 2. The fourth-order valence-corrected chi connectivity index (χ4v) is 2.21. The molecule has 1 heterocycles. The highest BCUT2D eigenvalue weighted by atomic mass is 16.5. The van der Waals surface area contributed by atoms with Gasteiger partial charge in [-0.25, -0.2) is 9.59 Å². The van der Waals surface area contributed by atoms with E-state index in [1.165, 1.54) is 19.3 Å². The Balaban J connectivity index is 0.000000568. The van der Waals surface area contributed by atoms with Gasteiger partial charge in [-0.05, 0) is 43.7 Å². The predicted octanol–water partition coefficient (Wildman–Crippen LogP) is 3.17. The van der Waals surface area contributed by atoms with E-state index in [4.69, 9.17) is 33.7 Å². The molecule has 0 atom stereocenters. The van der Waals surface area contributed by atoms with Crippen LogP contribution in [0.25, 0.3) is 0 Å². The molecule has 8 nitrogen and oxygen atoms in total. The number of benzene rings is 1. The molecule has 0 bridgehead atoms. The monoisotopic (exact) mass is 393 g/mol. The Kier molecular flexibility index (Phi) is 11.6. The van der Waals surface area contributed by atoms with Crippen molar-refractivity contribution in [2.24, 2.45) is 0 Å². The molecule has 0 aliphatic rings. The Labute approximate surface area is 164 Å². The number of carboxylic acid groups (broad SMARTS) is 2. The lowest BCUT2D eigenvalue weighted by Crippen LogP contribution is -2.14. The molecule has 1 aromatic heterocycles. The summed E-state index contributed by atoms with van der Waals surface area (Å²) in [5.41, 5.74) is 0. The first kappa shape index (κ1) is 23.0. The summed E-state index contributed by atoms with van der Waals surface area (Å²) in [6.45, 7) is 2.59. The third-order valence-corrected chi connectivity index (χ3v) is 3.62. The fraction of sp³-hybridized carbons (Fsp3) is 0.400. The molecule has 0 aliphatic heterocycles. The molecule has 0 saturated heterocycles. The molecule has 0 spiro atoms. The van der Waals surface area contributed by atoms with Gasteiger partial charge in [0.25, 0.3) is 0 Å². The van der Waals surface area contributed by atoms with E-state index < -0.39 is 11.9 Å². The van der Waals surface area contributed by atoms with E-state index in [1.807, 2.05) is 36.4 Å². The number of methoxy groups -OCH3 is 1. The van der Waals surface area contributed by atoms with E-state index >= 15 is 0 Å². The molecule has 28 heavy (non-hydrogen) atoms. The molecule has 0 saturated carbocycles. The molecule has 0 radical (unpaired) electrons. The lowest BCUT2D eigenvalue weighted by molar-refractivity contribution is -0.159. The Bertz CT molecular complexity index is 674. The van der Waals surface area contributed by atoms with Crippen LogP contribution < -0.4 is 14.8 Å². The maximum Gasteiger partial charge on any atom is 0.414 e. The topological polar surface area (TPSA) is 118 Å². The van der Waals surface area contributed by atoms with Crippen molar-refractivity contribution in [1.29, 1.82) is 0 Å². The zero-order valence-electron chi connectivity index (χ0n) is 15.9. The van der Waals surface area contributed by atoms with E-state index in [2.05, 4.69) is 5.32 Å². The van der Waals surface area contributed by atoms with Gasteiger partial charge in [-0.15, -0.1) is 0 Å². The number of aliphatic carboxylic acids is 2. The quantitative estimate of drug-likeness (QED) is 0.393. The number of hydrogen-bond donors (Lipinski definition) is 3. The Morgan fingerprint density at radius 1 is 1.00 bits per heavy atom. The average Bonchev–Trinajstić information content (AvgIpc) is 3.20. The molecule has 2 aromatic rings. The number of furan rings is 1. The van der Waals surface area contributed by atoms with Crippen molar-refractivity contribution in [3.05, 3.63) is 48.4 Å². The number of hydrogen-bond acceptors (Lipinski definition) is 6. The molecule has 0 aliphatic carbocycles. The molecule has 0 unspecified atom stereocenters. The average molecular weight is 393 g/mol. The first-order valence-electron chi connectivity index (χ1n) is 8.99. The summed E-state index contributed by atoms with van der Waals surface area (Å²) in [7, 11) is 1.67. The van der Waals surface area contributed by atoms with E-state index in [1.54, 1.807) is 13.4 Å². The fourth-order valence-electron chi connectivity index (χ4n) is 2.21. The number of nitrogens with one attached hydrogen (secondary N) is 1. The van der Waals surface area contributed by atoms with E-state index in [0.717, 1.165) is 43.4 Å². The van der Waals surface area contributed by atoms with Gasteiger partial charge in [-0.3, -0.25) is 0 Å². The van der Waals surface area contributed by atoms with Crippen LogP contribution in [0.3, 0.4) is 0 Å². The minimum atomic E-state index is -1.82. The smallest absolute Gasteiger partial charge is 0.414 e. The van der Waals surface area contributed by atoms with Crippen molar-refractivity contribution >= 4 is 11.9 Å². The van der Waals surface area contributed by atoms with Crippen molar-refractivity contribution in [2.45, 2.75) is 32.2 Å². The third kappa shape index (κ3) is 10.9. The van der Waals surface area contributed by atoms with Crippen molar-refractivity contribution < 1.29 is 33.7 Å². The lowest BCUT2D eigenvalue weighted by atomic mass is 10.2. The van der Waals surface area contributed by atoms with Gasteiger partial charge in [-0.2, -0.15) is 0 Å². The van der Waals surface area contributed by atoms with Crippen LogP contribution in [0, 0.1) is 0 Å². The molecular weight excluding hydrogens is 366 g/mol. The minimum absolute atomic E-state index is 0.757. The Morgan fingerprint density at radius 2 is 1.71 bits per heavy atom. The van der Waals surface area contributed by atoms with Gasteiger partial charge < -0.3 is 29.4 Å². The second-order valence-electron chi connectivity index (χ2n) is 5.81. The van der Waals surface area contributed by atoms with Crippen LogP contribution in [0.2, 0.25) is 0 Å². The molecule has 3 N–H and O–H groups in total. The molecule has 1 aromatic carbocycles. The highest BCUT2D eigenvalue weighted by Gasteiger charge is 2.04. The highest BCUT2D eigenvalue weighted by molar-refractivity contribution is 6.27. The van der Waals surface area contributed by atoms with Gasteiger partial charge >= 0.3 is 11.9 Å². The normalized spacial score (nSPS) is 9.89. The molecule has 2 rings (SSSR count). The standard InChI is InChI=1S/C18H25NO3.C2H2O4/c1-20-16-8-6-9-17(14-16)21-12-5-3-2-4-11-19-15-18-10-7-13-22-18;3-1(4)2(5)6/h6-10,13-14,19H,2-5,11-12,15H2,1H3;(H,3,4)(H,5,6). The minimum Gasteiger partial charge on any atom is -0.497 e. The summed E-state index contributed by atoms with van der Waals surface area (Å²) in [6.07, 6.45) is 6.37. The van der Waals surface area contributed by atoms with Crippen molar-refractivity contribution in [3.8, 4) is 11.5 Å². The van der Waals surface area contributed by atoms with Crippen LogP contribution in [0.4, 0.5) is 0 Å². The number of rotatable bonds is 11. The molecule has 0 amide bonds. The number of ether oxygens (including phenoxy) is 2. The van der Waals surface area contributed by atoms with E-state index in [0.29, 0.717) is 0 Å². The van der Waals surface area contributed by atoms with Crippen LogP contribution in [0.15, 0.2) is 47.1 Å². The largest absolute Gasteiger partial charge is 0.497 e. The predicted molar refractivity (Wildman–Crippen MR) is 103 cm³/mol.